The first-order valence-corrected chi connectivity index (χ1v) is 13.2. The number of urea groups is 1. The fraction of sp³-hybridized carbons (Fsp3) is 0.409. The van der Waals surface area contributed by atoms with Gasteiger partial charge in [0.2, 0.25) is 15.9 Å². The molecule has 0 bridgehead atoms. The number of sulfonamides is 1. The second kappa shape index (κ2) is 9.72. The van der Waals surface area contributed by atoms with Crippen LogP contribution in [0.1, 0.15) is 55.6 Å². The molecule has 1 aromatic carbocycles. The molecule has 3 rings (SSSR count). The van der Waals surface area contributed by atoms with Crippen LogP contribution < -0.4 is 20.3 Å². The van der Waals surface area contributed by atoms with E-state index in [-0.39, 0.29) is 42.5 Å². The number of imide groups is 1. The van der Waals surface area contributed by atoms with E-state index in [1.165, 1.54) is 22.3 Å². The van der Waals surface area contributed by atoms with E-state index in [0.717, 1.165) is 0 Å². The Labute approximate surface area is 202 Å². The van der Waals surface area contributed by atoms with Crippen LogP contribution in [0.2, 0.25) is 0 Å². The number of phenols is 1. The molecule has 0 radical (unpaired) electrons. The molecule has 4 N–H and O–H groups in total. The number of rotatable bonds is 7. The van der Waals surface area contributed by atoms with Crippen LogP contribution in [0.15, 0.2) is 23.6 Å². The Balaban J connectivity index is 1.89. The first-order chi connectivity index (χ1) is 15.8. The normalized spacial score (nSPS) is 14.8. The zero-order valence-corrected chi connectivity index (χ0v) is 21.0. The molecule has 0 unspecified atom stereocenters. The molecule has 0 atom stereocenters. The lowest BCUT2D eigenvalue weighted by Crippen LogP contribution is -2.49. The standard InChI is InChI=1S/C22H28N4O6S2/c1-5-34(31,32)23-11-13-8-18(33-12-13)25-20(29)15-9-14(10-16(19(15)28)22(2,3)4)26-7-6-17(27)24-21(26)30/h8-10,12,23,28H,5-7,11H2,1-4H3,(H,25,29)(H,24,27,30). The minimum atomic E-state index is -3.35. The number of amides is 4. The molecule has 184 valence electrons. The summed E-state index contributed by atoms with van der Waals surface area (Å²) in [5.41, 5.74) is 0.984. The fourth-order valence-electron chi connectivity index (χ4n) is 3.34. The molecule has 12 heteroatoms. The van der Waals surface area contributed by atoms with Gasteiger partial charge in [-0.05, 0) is 41.5 Å². The van der Waals surface area contributed by atoms with Crippen molar-refractivity contribution in [2.45, 2.75) is 46.1 Å². The number of hydrogen-bond donors (Lipinski definition) is 4. The third-order valence-electron chi connectivity index (χ3n) is 5.28. The lowest BCUT2D eigenvalue weighted by Gasteiger charge is -2.29. The molecule has 0 spiro atoms. The van der Waals surface area contributed by atoms with Crippen LogP contribution in [0.5, 0.6) is 5.75 Å². The van der Waals surface area contributed by atoms with E-state index < -0.39 is 27.4 Å². The van der Waals surface area contributed by atoms with Gasteiger partial charge in [-0.2, -0.15) is 0 Å². The van der Waals surface area contributed by atoms with Crippen molar-refractivity contribution in [2.24, 2.45) is 0 Å². The molecule has 1 fully saturated rings. The summed E-state index contributed by atoms with van der Waals surface area (Å²) in [6.07, 6.45) is 0.124. The number of nitrogens with zero attached hydrogens (tertiary/aromatic N) is 1. The average molecular weight is 509 g/mol. The predicted octanol–water partition coefficient (Wildman–Crippen LogP) is 2.89. The summed E-state index contributed by atoms with van der Waals surface area (Å²) in [5, 5.41) is 18.1. The monoisotopic (exact) mass is 508 g/mol. The zero-order chi connectivity index (χ0) is 25.3. The molecule has 10 nitrogen and oxygen atoms in total. The molecule has 34 heavy (non-hydrogen) atoms. The highest BCUT2D eigenvalue weighted by Gasteiger charge is 2.29. The van der Waals surface area contributed by atoms with Crippen LogP contribution in [0.25, 0.3) is 0 Å². The molecule has 1 aliphatic heterocycles. The largest absolute Gasteiger partial charge is 0.507 e. The number of benzene rings is 1. The summed E-state index contributed by atoms with van der Waals surface area (Å²) >= 11 is 1.22. The van der Waals surface area contributed by atoms with Gasteiger partial charge in [0, 0.05) is 30.8 Å². The Bertz CT molecular complexity index is 1230. The average Bonchev–Trinajstić information content (AvgIpc) is 3.19. The van der Waals surface area contributed by atoms with Gasteiger partial charge >= 0.3 is 6.03 Å². The van der Waals surface area contributed by atoms with Crippen molar-refractivity contribution in [3.63, 3.8) is 0 Å². The topological polar surface area (TPSA) is 145 Å². The number of anilines is 2. The Morgan fingerprint density at radius 1 is 1.24 bits per heavy atom. The first-order valence-electron chi connectivity index (χ1n) is 10.7. The van der Waals surface area contributed by atoms with Gasteiger partial charge in [0.15, 0.2) is 0 Å². The van der Waals surface area contributed by atoms with Crippen LogP contribution in [0.3, 0.4) is 0 Å². The Morgan fingerprint density at radius 2 is 1.94 bits per heavy atom. The van der Waals surface area contributed by atoms with Crippen LogP contribution in [0, 0.1) is 0 Å². The maximum absolute atomic E-state index is 13.1. The van der Waals surface area contributed by atoms with Crippen molar-refractivity contribution in [2.75, 3.05) is 22.5 Å². The van der Waals surface area contributed by atoms with Gasteiger partial charge in [0.1, 0.15) is 5.75 Å². The van der Waals surface area contributed by atoms with E-state index in [1.807, 2.05) is 20.8 Å². The van der Waals surface area contributed by atoms with Crippen molar-refractivity contribution < 1.29 is 27.9 Å². The van der Waals surface area contributed by atoms with Crippen LogP contribution >= 0.6 is 11.3 Å². The molecule has 1 saturated heterocycles. The molecular formula is C22H28N4O6S2. The minimum absolute atomic E-state index is 0.0197. The molecule has 0 aliphatic carbocycles. The third-order valence-corrected chi connectivity index (χ3v) is 7.52. The molecule has 1 aliphatic rings. The molecule has 2 aromatic rings. The van der Waals surface area contributed by atoms with E-state index in [4.69, 9.17) is 0 Å². The summed E-state index contributed by atoms with van der Waals surface area (Å²) in [7, 11) is -3.35. The molecule has 0 saturated carbocycles. The number of carbonyl (C=O) groups is 3. The van der Waals surface area contributed by atoms with Gasteiger partial charge in [-0.15, -0.1) is 11.3 Å². The van der Waals surface area contributed by atoms with E-state index in [2.05, 4.69) is 15.4 Å². The highest BCUT2D eigenvalue weighted by atomic mass is 32.2. The van der Waals surface area contributed by atoms with Gasteiger partial charge in [0.25, 0.3) is 5.91 Å². The number of phenolic OH excluding ortho intramolecular Hbond substituents is 1. The Morgan fingerprint density at radius 3 is 2.56 bits per heavy atom. The van der Waals surface area contributed by atoms with Crippen molar-refractivity contribution in [3.8, 4) is 5.75 Å². The highest BCUT2D eigenvalue weighted by Crippen LogP contribution is 2.38. The fourth-order valence-corrected chi connectivity index (χ4v) is 4.73. The number of hydrogen-bond acceptors (Lipinski definition) is 7. The zero-order valence-electron chi connectivity index (χ0n) is 19.4. The van der Waals surface area contributed by atoms with E-state index in [1.54, 1.807) is 24.4 Å². The van der Waals surface area contributed by atoms with Crippen LogP contribution in [-0.4, -0.2) is 43.7 Å². The van der Waals surface area contributed by atoms with Crippen LogP contribution in [0.4, 0.5) is 15.5 Å². The van der Waals surface area contributed by atoms with Crippen molar-refractivity contribution >= 4 is 49.9 Å². The van der Waals surface area contributed by atoms with Gasteiger partial charge in [-0.1, -0.05) is 20.8 Å². The predicted molar refractivity (Wildman–Crippen MR) is 131 cm³/mol. The third kappa shape index (κ3) is 5.93. The smallest absolute Gasteiger partial charge is 0.328 e. The molecular weight excluding hydrogens is 480 g/mol. The summed E-state index contributed by atoms with van der Waals surface area (Å²) in [4.78, 5) is 38.4. The van der Waals surface area contributed by atoms with Crippen molar-refractivity contribution in [3.05, 3.63) is 40.3 Å². The summed E-state index contributed by atoms with van der Waals surface area (Å²) in [5.74, 6) is -1.19. The second-order valence-electron chi connectivity index (χ2n) is 8.89. The van der Waals surface area contributed by atoms with Gasteiger partial charge in [-0.3, -0.25) is 19.8 Å². The number of nitrogens with one attached hydrogen (secondary N) is 3. The number of aromatic hydroxyl groups is 1. The van der Waals surface area contributed by atoms with E-state index in [9.17, 15) is 27.9 Å². The van der Waals surface area contributed by atoms with Crippen LogP contribution in [-0.2, 0) is 26.8 Å². The van der Waals surface area contributed by atoms with E-state index in [0.29, 0.717) is 21.8 Å². The first kappa shape index (κ1) is 25.7. The molecule has 4 amide bonds. The van der Waals surface area contributed by atoms with Crippen molar-refractivity contribution in [1.82, 2.24) is 10.0 Å². The van der Waals surface area contributed by atoms with Gasteiger partial charge in [-0.25, -0.2) is 17.9 Å². The number of carbonyl (C=O) groups excluding carboxylic acids is 3. The summed E-state index contributed by atoms with van der Waals surface area (Å²) < 4.78 is 25.7. The molecule has 1 aromatic heterocycles. The van der Waals surface area contributed by atoms with Crippen molar-refractivity contribution in [1.29, 1.82) is 0 Å². The summed E-state index contributed by atoms with van der Waals surface area (Å²) in [6, 6.07) is 4.12. The second-order valence-corrected chi connectivity index (χ2v) is 11.9. The minimum Gasteiger partial charge on any atom is -0.507 e. The SMILES string of the molecule is CCS(=O)(=O)NCc1csc(NC(=O)c2cc(N3CCC(=O)NC3=O)cc(C(C)(C)C)c2O)c1. The quantitative estimate of drug-likeness (QED) is 0.453. The Hall–Kier alpha value is -2.96. The highest BCUT2D eigenvalue weighted by molar-refractivity contribution is 7.89. The summed E-state index contributed by atoms with van der Waals surface area (Å²) in [6.45, 7) is 7.41. The molecule has 2 heterocycles. The van der Waals surface area contributed by atoms with E-state index >= 15 is 0 Å². The Kier molecular flexibility index (Phi) is 7.34. The maximum atomic E-state index is 13.1. The number of thiophene rings is 1. The lowest BCUT2D eigenvalue weighted by atomic mass is 9.84. The van der Waals surface area contributed by atoms with Gasteiger partial charge in [0.05, 0.1) is 16.3 Å². The van der Waals surface area contributed by atoms with Gasteiger partial charge < -0.3 is 10.4 Å². The maximum Gasteiger partial charge on any atom is 0.328 e. The lowest BCUT2D eigenvalue weighted by molar-refractivity contribution is -0.120.